The van der Waals surface area contributed by atoms with Crippen molar-refractivity contribution in [3.63, 3.8) is 0 Å². The van der Waals surface area contributed by atoms with E-state index in [1.165, 1.54) is 17.3 Å². The zero-order valence-electron chi connectivity index (χ0n) is 12.4. The number of benzene rings is 1. The van der Waals surface area contributed by atoms with Gasteiger partial charge in [0.15, 0.2) is 0 Å². The zero-order chi connectivity index (χ0) is 15.7. The zero-order valence-corrected chi connectivity index (χ0v) is 13.1. The van der Waals surface area contributed by atoms with Crippen LogP contribution in [-0.2, 0) is 12.1 Å². The van der Waals surface area contributed by atoms with Crippen molar-refractivity contribution in [1.82, 2.24) is 14.8 Å². The van der Waals surface area contributed by atoms with Gasteiger partial charge in [-0.25, -0.2) is 9.67 Å². The summed E-state index contributed by atoms with van der Waals surface area (Å²) in [5, 5.41) is 26.8. The molecule has 0 aliphatic carbocycles. The van der Waals surface area contributed by atoms with Gasteiger partial charge in [-0.15, -0.1) is 0 Å². The second kappa shape index (κ2) is 5.75. The molecule has 2 aromatic rings. The third-order valence-corrected chi connectivity index (χ3v) is 4.33. The molecule has 0 saturated carbocycles. The molecule has 1 aromatic heterocycles. The van der Waals surface area contributed by atoms with E-state index in [4.69, 9.17) is 11.6 Å². The molecule has 21 heavy (non-hydrogen) atoms. The molecule has 0 unspecified atom stereocenters. The van der Waals surface area contributed by atoms with E-state index < -0.39 is 11.2 Å². The van der Waals surface area contributed by atoms with Gasteiger partial charge < -0.3 is 10.2 Å². The van der Waals surface area contributed by atoms with Gasteiger partial charge >= 0.3 is 0 Å². The summed E-state index contributed by atoms with van der Waals surface area (Å²) in [5.74, 6) is -0.202. The van der Waals surface area contributed by atoms with E-state index >= 15 is 0 Å². The molecule has 0 amide bonds. The first-order valence-electron chi connectivity index (χ1n) is 6.80. The summed E-state index contributed by atoms with van der Waals surface area (Å²) in [6, 6.07) is 6.83. The summed E-state index contributed by atoms with van der Waals surface area (Å²) < 4.78 is 1.52. The highest BCUT2D eigenvalue weighted by atomic mass is 35.5. The summed E-state index contributed by atoms with van der Waals surface area (Å²) >= 11 is 5.89. The smallest absolute Gasteiger partial charge is 0.137 e. The van der Waals surface area contributed by atoms with Gasteiger partial charge in [0.2, 0.25) is 0 Å². The third-order valence-electron chi connectivity index (χ3n) is 4.07. The van der Waals surface area contributed by atoms with E-state index in [0.29, 0.717) is 10.6 Å². The fraction of sp³-hybridized carbons (Fsp3) is 0.467. The van der Waals surface area contributed by atoms with Crippen molar-refractivity contribution in [3.05, 3.63) is 47.5 Å². The summed E-state index contributed by atoms with van der Waals surface area (Å²) in [5.41, 5.74) is -2.27. The van der Waals surface area contributed by atoms with Crippen LogP contribution in [0.5, 0.6) is 0 Å². The van der Waals surface area contributed by atoms with E-state index in [2.05, 4.69) is 10.1 Å². The lowest BCUT2D eigenvalue weighted by molar-refractivity contribution is -0.182. The van der Waals surface area contributed by atoms with E-state index in [9.17, 15) is 10.2 Å². The molecule has 0 spiro atoms. The molecule has 0 radical (unpaired) electrons. The van der Waals surface area contributed by atoms with Crippen LogP contribution in [0.2, 0.25) is 5.02 Å². The van der Waals surface area contributed by atoms with Gasteiger partial charge in [0, 0.05) is 5.02 Å². The molecule has 5 nitrogen and oxygen atoms in total. The predicted octanol–water partition coefficient (Wildman–Crippen LogP) is 2.23. The van der Waals surface area contributed by atoms with Gasteiger partial charge in [-0.1, -0.05) is 37.6 Å². The molecule has 0 aliphatic heterocycles. The van der Waals surface area contributed by atoms with Crippen molar-refractivity contribution in [3.8, 4) is 0 Å². The van der Waals surface area contributed by atoms with Crippen molar-refractivity contribution >= 4 is 11.6 Å². The molecule has 2 N–H and O–H groups in total. The Morgan fingerprint density at radius 1 is 1.24 bits per heavy atom. The number of aromatic nitrogens is 3. The lowest BCUT2D eigenvalue weighted by Crippen LogP contribution is -2.56. The van der Waals surface area contributed by atoms with Crippen molar-refractivity contribution in [2.45, 2.75) is 38.5 Å². The molecular formula is C15H20ClN3O2. The molecule has 0 fully saturated rings. The molecule has 0 saturated heterocycles. The Kier molecular flexibility index (Phi) is 4.37. The van der Waals surface area contributed by atoms with E-state index in [0.717, 1.165) is 0 Å². The Hall–Kier alpha value is -1.43. The van der Waals surface area contributed by atoms with E-state index in [1.54, 1.807) is 31.2 Å². The van der Waals surface area contributed by atoms with Crippen LogP contribution >= 0.6 is 11.6 Å². The molecule has 6 heteroatoms. The van der Waals surface area contributed by atoms with Crippen LogP contribution in [0.15, 0.2) is 36.9 Å². The van der Waals surface area contributed by atoms with Gasteiger partial charge in [-0.3, -0.25) is 0 Å². The lowest BCUT2D eigenvalue weighted by Gasteiger charge is -2.44. The molecule has 114 valence electrons. The fourth-order valence-corrected chi connectivity index (χ4v) is 2.61. The topological polar surface area (TPSA) is 71.2 Å². The summed E-state index contributed by atoms with van der Waals surface area (Å²) in [7, 11) is 0. The summed E-state index contributed by atoms with van der Waals surface area (Å²) in [6.07, 6.45) is 2.92. The molecular weight excluding hydrogens is 290 g/mol. The van der Waals surface area contributed by atoms with Crippen LogP contribution in [0.25, 0.3) is 0 Å². The molecule has 1 aromatic carbocycles. The molecule has 0 bridgehead atoms. The van der Waals surface area contributed by atoms with Crippen molar-refractivity contribution < 1.29 is 10.2 Å². The second-order valence-corrected chi connectivity index (χ2v) is 6.19. The highest BCUT2D eigenvalue weighted by molar-refractivity contribution is 6.30. The van der Waals surface area contributed by atoms with Crippen molar-refractivity contribution in [1.29, 1.82) is 0 Å². The van der Waals surface area contributed by atoms with Gasteiger partial charge in [-0.2, -0.15) is 5.10 Å². The first-order valence-corrected chi connectivity index (χ1v) is 7.18. The number of halogens is 1. The Balaban J connectivity index is 2.42. The molecule has 1 heterocycles. The Morgan fingerprint density at radius 2 is 1.86 bits per heavy atom. The maximum atomic E-state index is 11.1. The second-order valence-electron chi connectivity index (χ2n) is 5.75. The maximum absolute atomic E-state index is 11.1. The number of hydrogen-bond acceptors (Lipinski definition) is 4. The predicted molar refractivity (Wildman–Crippen MR) is 80.8 cm³/mol. The summed E-state index contributed by atoms with van der Waals surface area (Å²) in [4.78, 5) is 3.87. The first-order chi connectivity index (χ1) is 9.77. The van der Waals surface area contributed by atoms with Gasteiger partial charge in [0.25, 0.3) is 0 Å². The van der Waals surface area contributed by atoms with Crippen LogP contribution < -0.4 is 0 Å². The van der Waals surface area contributed by atoms with Gasteiger partial charge in [0.1, 0.15) is 23.9 Å². The first kappa shape index (κ1) is 15.9. The highest BCUT2D eigenvalue weighted by Gasteiger charge is 2.49. The van der Waals surface area contributed by atoms with Crippen molar-refractivity contribution in [2.75, 3.05) is 0 Å². The number of hydrogen-bond donors (Lipinski definition) is 2. The Morgan fingerprint density at radius 3 is 2.33 bits per heavy atom. The minimum atomic E-state index is -1.46. The molecule has 2 rings (SSSR count). The van der Waals surface area contributed by atoms with Crippen molar-refractivity contribution in [2.24, 2.45) is 5.92 Å². The van der Waals surface area contributed by atoms with E-state index in [1.807, 2.05) is 13.8 Å². The minimum Gasteiger partial charge on any atom is -0.384 e. The van der Waals surface area contributed by atoms with Crippen LogP contribution in [0.1, 0.15) is 26.3 Å². The quantitative estimate of drug-likeness (QED) is 0.888. The van der Waals surface area contributed by atoms with Crippen LogP contribution in [-0.4, -0.2) is 30.6 Å². The molecule has 2 atom stereocenters. The third kappa shape index (κ3) is 2.95. The number of rotatable bonds is 5. The van der Waals surface area contributed by atoms with Crippen LogP contribution in [0.4, 0.5) is 0 Å². The van der Waals surface area contributed by atoms with Crippen LogP contribution in [0, 0.1) is 5.92 Å². The minimum absolute atomic E-state index is 0.139. The standard InChI is InChI=1S/C15H20ClN3O2/c1-11(2)15(21,8-19-10-17-9-18-19)14(3,20)12-4-6-13(16)7-5-12/h4-7,9-11,20-21H,8H2,1-3H3/t14-,15-/m0/s1. The highest BCUT2D eigenvalue weighted by Crippen LogP contribution is 2.39. The SMILES string of the molecule is CC(C)[C@@](O)(Cn1cncn1)[C@@](C)(O)c1ccc(Cl)cc1. The summed E-state index contributed by atoms with van der Waals surface area (Å²) in [6.45, 7) is 5.47. The molecule has 0 aliphatic rings. The lowest BCUT2D eigenvalue weighted by atomic mass is 9.72. The van der Waals surface area contributed by atoms with Gasteiger partial charge in [0.05, 0.1) is 6.54 Å². The largest absolute Gasteiger partial charge is 0.384 e. The van der Waals surface area contributed by atoms with Crippen LogP contribution in [0.3, 0.4) is 0 Å². The average molecular weight is 310 g/mol. The monoisotopic (exact) mass is 309 g/mol. The fourth-order valence-electron chi connectivity index (χ4n) is 2.48. The Labute approximate surface area is 129 Å². The number of aliphatic hydroxyl groups is 2. The average Bonchev–Trinajstić information content (AvgIpc) is 2.91. The number of nitrogens with zero attached hydrogens (tertiary/aromatic N) is 3. The van der Waals surface area contributed by atoms with Gasteiger partial charge in [-0.05, 0) is 30.5 Å². The Bertz CT molecular complexity index is 581. The normalized spacial score (nSPS) is 17.5. The van der Waals surface area contributed by atoms with E-state index in [-0.39, 0.29) is 12.5 Å². The maximum Gasteiger partial charge on any atom is 0.137 e.